The van der Waals surface area contributed by atoms with Crippen molar-refractivity contribution in [2.45, 2.75) is 37.8 Å². The summed E-state index contributed by atoms with van der Waals surface area (Å²) in [5.41, 5.74) is 1.13. The van der Waals surface area contributed by atoms with Gasteiger partial charge in [-0.1, -0.05) is 30.3 Å². The number of ether oxygens (including phenoxy) is 3. The van der Waals surface area contributed by atoms with Crippen LogP contribution in [0.4, 0.5) is 10.6 Å². The molecule has 2 aromatic heterocycles. The topological polar surface area (TPSA) is 248 Å². The SMILES string of the molecule is CCNC(=O)Nc1ncnc2c1ncn2[C@@H]1O[C@H](COP(=O)([O-])OP(=O)([O-])CC(=O)O)C2O[C@H](c3ccccc3)O[C@@H]21. The number of urea groups is 1. The molecular formula is C22H24N6O12P2-2. The van der Waals surface area contributed by atoms with E-state index >= 15 is 0 Å². The second kappa shape index (κ2) is 12.1. The van der Waals surface area contributed by atoms with Gasteiger partial charge in [-0.05, 0) is 6.92 Å². The average molecular weight is 626 g/mol. The minimum Gasteiger partial charge on any atom is -0.778 e. The highest BCUT2D eigenvalue weighted by atomic mass is 31.3. The van der Waals surface area contributed by atoms with Gasteiger partial charge in [0.2, 0.25) is 0 Å². The zero-order valence-corrected chi connectivity index (χ0v) is 23.5. The molecule has 2 aliphatic rings. The Hall–Kier alpha value is -3.31. The highest BCUT2D eigenvalue weighted by Gasteiger charge is 2.54. The molecule has 0 radical (unpaired) electrons. The number of phosphoric ester groups is 1. The number of phosphoric acid groups is 1. The van der Waals surface area contributed by atoms with Crippen LogP contribution in [0, 0.1) is 0 Å². The summed E-state index contributed by atoms with van der Waals surface area (Å²) < 4.78 is 52.5. The summed E-state index contributed by atoms with van der Waals surface area (Å²) in [4.78, 5) is 59.4. The average Bonchev–Trinajstić information content (AvgIpc) is 3.61. The van der Waals surface area contributed by atoms with Crippen LogP contribution < -0.4 is 20.4 Å². The lowest BCUT2D eigenvalue weighted by Crippen LogP contribution is -2.32. The van der Waals surface area contributed by atoms with Gasteiger partial charge in [0.25, 0.3) is 7.82 Å². The molecular weight excluding hydrogens is 602 g/mol. The van der Waals surface area contributed by atoms with Gasteiger partial charge >= 0.3 is 12.0 Å². The number of imidazole rings is 1. The van der Waals surface area contributed by atoms with Gasteiger partial charge in [0, 0.05) is 12.1 Å². The van der Waals surface area contributed by atoms with E-state index in [2.05, 4.69) is 29.9 Å². The third kappa shape index (κ3) is 6.67. The Labute approximate surface area is 237 Å². The Balaban J connectivity index is 1.40. The maximum Gasteiger partial charge on any atom is 0.320 e. The van der Waals surface area contributed by atoms with Crippen LogP contribution in [0.25, 0.3) is 11.2 Å². The van der Waals surface area contributed by atoms with Crippen molar-refractivity contribution in [3.63, 3.8) is 0 Å². The van der Waals surface area contributed by atoms with Crippen molar-refractivity contribution in [3.8, 4) is 0 Å². The fourth-order valence-electron chi connectivity index (χ4n) is 4.44. The number of hydrogen-bond acceptors (Lipinski definition) is 14. The lowest BCUT2D eigenvalue weighted by atomic mass is 10.1. The number of amides is 2. The summed E-state index contributed by atoms with van der Waals surface area (Å²) in [5.74, 6) is -1.68. The molecule has 1 aromatic carbocycles. The first-order valence-corrected chi connectivity index (χ1v) is 15.6. The molecule has 3 unspecified atom stereocenters. The predicted octanol–water partition coefficient (Wildman–Crippen LogP) is 0.488. The number of aliphatic carboxylic acids is 1. The van der Waals surface area contributed by atoms with Crippen molar-refractivity contribution >= 4 is 44.4 Å². The Morgan fingerprint density at radius 3 is 2.55 bits per heavy atom. The third-order valence-electron chi connectivity index (χ3n) is 6.07. The monoisotopic (exact) mass is 626 g/mol. The van der Waals surface area contributed by atoms with E-state index in [1.807, 2.05) is 0 Å². The largest absolute Gasteiger partial charge is 0.778 e. The molecule has 3 N–H and O–H groups in total. The number of hydrogen-bond donors (Lipinski definition) is 3. The van der Waals surface area contributed by atoms with E-state index in [0.29, 0.717) is 12.1 Å². The Bertz CT molecular complexity index is 1560. The van der Waals surface area contributed by atoms with E-state index in [9.17, 15) is 28.5 Å². The second-order valence-corrected chi connectivity index (χ2v) is 12.4. The van der Waals surface area contributed by atoms with E-state index < -0.39 is 71.0 Å². The number of fused-ring (bicyclic) bond motifs is 2. The number of nitrogens with one attached hydrogen (secondary N) is 2. The van der Waals surface area contributed by atoms with Gasteiger partial charge in [-0.25, -0.2) is 19.7 Å². The van der Waals surface area contributed by atoms with E-state index in [4.69, 9.17) is 23.8 Å². The summed E-state index contributed by atoms with van der Waals surface area (Å²) in [5, 5.41) is 13.8. The van der Waals surface area contributed by atoms with Gasteiger partial charge in [-0.2, -0.15) is 0 Å². The van der Waals surface area contributed by atoms with Gasteiger partial charge in [0.15, 0.2) is 37.1 Å². The zero-order valence-electron chi connectivity index (χ0n) is 21.7. The van der Waals surface area contributed by atoms with Gasteiger partial charge < -0.3 is 43.5 Å². The highest BCUT2D eigenvalue weighted by Crippen LogP contribution is 2.55. The zero-order chi connectivity index (χ0) is 30.1. The smallest absolute Gasteiger partial charge is 0.320 e. The van der Waals surface area contributed by atoms with Crippen LogP contribution in [-0.2, 0) is 37.0 Å². The molecule has 5 rings (SSSR count). The first kappa shape index (κ1) is 30.2. The number of carbonyl (C=O) groups excluding carboxylic acids is 1. The number of rotatable bonds is 11. The molecule has 2 saturated heterocycles. The van der Waals surface area contributed by atoms with E-state index in [1.165, 1.54) is 17.2 Å². The molecule has 0 spiro atoms. The Morgan fingerprint density at radius 1 is 1.10 bits per heavy atom. The van der Waals surface area contributed by atoms with E-state index in [1.54, 1.807) is 37.3 Å². The Kier molecular flexibility index (Phi) is 8.71. The molecule has 0 aliphatic carbocycles. The van der Waals surface area contributed by atoms with Crippen molar-refractivity contribution < 1.29 is 56.7 Å². The minimum atomic E-state index is -5.53. The van der Waals surface area contributed by atoms with Crippen LogP contribution >= 0.6 is 15.4 Å². The van der Waals surface area contributed by atoms with Crippen LogP contribution in [0.5, 0.6) is 0 Å². The number of benzene rings is 1. The molecule has 7 atom stereocenters. The predicted molar refractivity (Wildman–Crippen MR) is 136 cm³/mol. The molecule has 4 heterocycles. The molecule has 2 fully saturated rings. The highest BCUT2D eigenvalue weighted by molar-refractivity contribution is 7.63. The molecule has 18 nitrogen and oxygen atoms in total. The molecule has 3 aromatic rings. The first-order valence-electron chi connectivity index (χ1n) is 12.4. The maximum atomic E-state index is 12.2. The first-order chi connectivity index (χ1) is 20.0. The Morgan fingerprint density at radius 2 is 1.83 bits per heavy atom. The van der Waals surface area contributed by atoms with Crippen molar-refractivity contribution in [2.24, 2.45) is 0 Å². The fourth-order valence-corrected chi connectivity index (χ4v) is 6.74. The summed E-state index contributed by atoms with van der Waals surface area (Å²) >= 11 is 0. The number of carbonyl (C=O) groups is 2. The molecule has 226 valence electrons. The standard InChI is InChI=1S/C22H26N6O12P2/c1-2-23-22(31)27-18-15-19(25-10-24-18)28(11-26-15)20-17-16(38-21(39-17)12-6-4-3-5-7-12)13(37-20)8-36-42(34,35)40-41(32,33)9-14(29)30/h3-7,10-11,13,16-17,20-21H,2,8-9H2,1H3,(H,29,30)(H,32,33)(H,34,35)(H2,23,24,25,27,31)/p-2/t13-,16?,17+,20-,21+/m1/s1. The van der Waals surface area contributed by atoms with Crippen molar-refractivity contribution in [3.05, 3.63) is 48.5 Å². The van der Waals surface area contributed by atoms with Gasteiger partial charge in [0.1, 0.15) is 30.8 Å². The summed E-state index contributed by atoms with van der Waals surface area (Å²) in [6.07, 6.45) is -3.78. The fraction of sp³-hybridized carbons (Fsp3) is 0.409. The quantitative estimate of drug-likeness (QED) is 0.245. The second-order valence-electron chi connectivity index (χ2n) is 9.03. The van der Waals surface area contributed by atoms with E-state index in [0.717, 1.165) is 0 Å². The summed E-state index contributed by atoms with van der Waals surface area (Å²) in [7, 11) is -10.8. The normalized spacial score (nSPS) is 26.3. The molecule has 0 saturated carbocycles. The van der Waals surface area contributed by atoms with Crippen molar-refractivity contribution in [1.29, 1.82) is 0 Å². The summed E-state index contributed by atoms with van der Waals surface area (Å²) in [6.45, 7) is 1.36. The third-order valence-corrected chi connectivity index (χ3v) is 8.99. The van der Waals surface area contributed by atoms with Gasteiger partial charge in [-0.3, -0.25) is 23.6 Å². The molecule has 2 aliphatic heterocycles. The molecule has 2 amide bonds. The number of carboxylic acids is 1. The number of nitrogens with zero attached hydrogens (tertiary/aromatic N) is 4. The number of anilines is 1. The van der Waals surface area contributed by atoms with Crippen LogP contribution in [-0.4, -0.2) is 74.3 Å². The maximum absolute atomic E-state index is 12.2. The minimum absolute atomic E-state index is 0.123. The molecule has 20 heteroatoms. The van der Waals surface area contributed by atoms with Crippen LogP contribution in [0.2, 0.25) is 0 Å². The summed E-state index contributed by atoms with van der Waals surface area (Å²) in [6, 6.07) is 8.38. The molecule has 0 bridgehead atoms. The van der Waals surface area contributed by atoms with Crippen molar-refractivity contribution in [1.82, 2.24) is 24.8 Å². The van der Waals surface area contributed by atoms with Crippen LogP contribution in [0.1, 0.15) is 25.0 Å². The van der Waals surface area contributed by atoms with E-state index in [-0.39, 0.29) is 17.0 Å². The number of carboxylic acid groups (broad SMARTS) is 1. The lowest BCUT2D eigenvalue weighted by Gasteiger charge is -2.31. The van der Waals surface area contributed by atoms with Gasteiger partial charge in [0.05, 0.1) is 12.9 Å². The van der Waals surface area contributed by atoms with Crippen molar-refractivity contribution in [2.75, 3.05) is 24.6 Å². The van der Waals surface area contributed by atoms with Crippen LogP contribution in [0.15, 0.2) is 43.0 Å². The van der Waals surface area contributed by atoms with Gasteiger partial charge in [-0.15, -0.1) is 0 Å². The molecule has 42 heavy (non-hydrogen) atoms. The van der Waals surface area contributed by atoms with Crippen LogP contribution in [0.3, 0.4) is 0 Å². The lowest BCUT2D eigenvalue weighted by molar-refractivity contribution is -0.234. The number of aromatic nitrogens is 4.